The van der Waals surface area contributed by atoms with Crippen molar-refractivity contribution >= 4 is 11.6 Å². The second kappa shape index (κ2) is 6.72. The van der Waals surface area contributed by atoms with Crippen LogP contribution in [0.1, 0.15) is 33.3 Å². The number of aliphatic hydroxyl groups is 1. The number of anilines is 1. The minimum atomic E-state index is -0.605. The molecule has 0 saturated carbocycles. The molecule has 0 heterocycles. The van der Waals surface area contributed by atoms with E-state index in [4.69, 9.17) is 10.5 Å². The fourth-order valence-corrected chi connectivity index (χ4v) is 1.69. The summed E-state index contributed by atoms with van der Waals surface area (Å²) in [6, 6.07) is 4.55. The van der Waals surface area contributed by atoms with Crippen molar-refractivity contribution in [1.82, 2.24) is 0 Å². The van der Waals surface area contributed by atoms with Gasteiger partial charge < -0.3 is 20.9 Å². The highest BCUT2D eigenvalue weighted by molar-refractivity contribution is 5.95. The number of hydrogen-bond donors (Lipinski definition) is 3. The number of nitrogens with one attached hydrogen (secondary N) is 1. The Bertz CT molecular complexity index is 467. The number of amides is 1. The van der Waals surface area contributed by atoms with Gasteiger partial charge >= 0.3 is 0 Å². The standard InChI is InChI=1S/C15H24N2O3/c1-5-20-12-7-6-11(8-10(12)9-18)17-14(19)13(16)15(2,3)4/h6-8,13,18H,5,9,16H2,1-4H3,(H,17,19)/t13-/m1/s1. The Morgan fingerprint density at radius 1 is 1.45 bits per heavy atom. The van der Waals surface area contributed by atoms with Gasteiger partial charge in [-0.1, -0.05) is 20.8 Å². The van der Waals surface area contributed by atoms with Crippen molar-refractivity contribution in [1.29, 1.82) is 0 Å². The number of hydrogen-bond acceptors (Lipinski definition) is 4. The van der Waals surface area contributed by atoms with E-state index in [0.717, 1.165) is 0 Å². The lowest BCUT2D eigenvalue weighted by atomic mass is 9.87. The van der Waals surface area contributed by atoms with Crippen molar-refractivity contribution < 1.29 is 14.6 Å². The number of nitrogens with two attached hydrogens (primary N) is 1. The van der Waals surface area contributed by atoms with E-state index >= 15 is 0 Å². The van der Waals surface area contributed by atoms with Crippen molar-refractivity contribution in [3.63, 3.8) is 0 Å². The molecule has 0 saturated heterocycles. The van der Waals surface area contributed by atoms with Gasteiger partial charge in [-0.15, -0.1) is 0 Å². The largest absolute Gasteiger partial charge is 0.494 e. The molecule has 0 bridgehead atoms. The molecule has 0 radical (unpaired) electrons. The molecule has 1 aromatic carbocycles. The molecule has 5 heteroatoms. The number of carbonyl (C=O) groups excluding carboxylic acids is 1. The Balaban J connectivity index is 2.86. The molecular weight excluding hydrogens is 256 g/mol. The number of aliphatic hydroxyl groups excluding tert-OH is 1. The van der Waals surface area contributed by atoms with Gasteiger partial charge in [-0.3, -0.25) is 4.79 Å². The summed E-state index contributed by atoms with van der Waals surface area (Å²) in [5, 5.41) is 12.1. The third-order valence-corrected chi connectivity index (χ3v) is 3.01. The molecule has 112 valence electrons. The lowest BCUT2D eigenvalue weighted by Crippen LogP contribution is -2.45. The summed E-state index contributed by atoms with van der Waals surface area (Å²) in [7, 11) is 0. The molecule has 20 heavy (non-hydrogen) atoms. The predicted octanol–water partition coefficient (Wildman–Crippen LogP) is 1.89. The molecule has 0 aliphatic carbocycles. The molecule has 1 atom stereocenters. The molecule has 1 amide bonds. The van der Waals surface area contributed by atoms with Gasteiger partial charge in [0.2, 0.25) is 5.91 Å². The van der Waals surface area contributed by atoms with E-state index in [1.165, 1.54) is 0 Å². The van der Waals surface area contributed by atoms with Crippen molar-refractivity contribution in [2.45, 2.75) is 40.3 Å². The second-order valence-corrected chi connectivity index (χ2v) is 5.75. The normalized spacial score (nSPS) is 12.9. The number of rotatable bonds is 5. The van der Waals surface area contributed by atoms with Crippen LogP contribution in [0.15, 0.2) is 18.2 Å². The Morgan fingerprint density at radius 2 is 2.10 bits per heavy atom. The maximum Gasteiger partial charge on any atom is 0.241 e. The topological polar surface area (TPSA) is 84.6 Å². The summed E-state index contributed by atoms with van der Waals surface area (Å²) in [5.41, 5.74) is 6.83. The third-order valence-electron chi connectivity index (χ3n) is 3.01. The van der Waals surface area contributed by atoms with Gasteiger partial charge in [-0.05, 0) is 30.5 Å². The van der Waals surface area contributed by atoms with Gasteiger partial charge in [0.1, 0.15) is 5.75 Å². The molecule has 4 N–H and O–H groups in total. The van der Waals surface area contributed by atoms with Gasteiger partial charge in [0.05, 0.1) is 19.3 Å². The van der Waals surface area contributed by atoms with Crippen LogP contribution in [0.3, 0.4) is 0 Å². The molecule has 0 unspecified atom stereocenters. The quantitative estimate of drug-likeness (QED) is 0.769. The summed E-state index contributed by atoms with van der Waals surface area (Å²) in [6.07, 6.45) is 0. The van der Waals surface area contributed by atoms with E-state index in [0.29, 0.717) is 23.6 Å². The number of carbonyl (C=O) groups is 1. The van der Waals surface area contributed by atoms with Gasteiger partial charge in [-0.25, -0.2) is 0 Å². The molecule has 5 nitrogen and oxygen atoms in total. The minimum Gasteiger partial charge on any atom is -0.494 e. The van der Waals surface area contributed by atoms with Crippen LogP contribution >= 0.6 is 0 Å². The van der Waals surface area contributed by atoms with Gasteiger partial charge in [0, 0.05) is 11.3 Å². The first-order chi connectivity index (χ1) is 9.29. The molecule has 1 aromatic rings. The average molecular weight is 280 g/mol. The summed E-state index contributed by atoms with van der Waals surface area (Å²) in [5.74, 6) is 0.374. The lowest BCUT2D eigenvalue weighted by Gasteiger charge is -2.26. The van der Waals surface area contributed by atoms with Crippen molar-refractivity contribution in [3.05, 3.63) is 23.8 Å². The SMILES string of the molecule is CCOc1ccc(NC(=O)[C@@H](N)C(C)(C)C)cc1CO. The molecule has 0 aliphatic heterocycles. The van der Waals surface area contributed by atoms with E-state index in [1.807, 2.05) is 27.7 Å². The Hall–Kier alpha value is -1.59. The first-order valence-corrected chi connectivity index (χ1v) is 6.72. The monoisotopic (exact) mass is 280 g/mol. The second-order valence-electron chi connectivity index (χ2n) is 5.75. The van der Waals surface area contributed by atoms with Crippen LogP contribution in [0.4, 0.5) is 5.69 Å². The van der Waals surface area contributed by atoms with E-state index in [2.05, 4.69) is 5.32 Å². The molecule has 0 aliphatic rings. The van der Waals surface area contributed by atoms with Crippen molar-refractivity contribution in [3.8, 4) is 5.75 Å². The number of ether oxygens (including phenoxy) is 1. The minimum absolute atomic E-state index is 0.148. The van der Waals surface area contributed by atoms with E-state index in [1.54, 1.807) is 18.2 Å². The van der Waals surface area contributed by atoms with Crippen LogP contribution < -0.4 is 15.8 Å². The van der Waals surface area contributed by atoms with Gasteiger partial charge in [0.25, 0.3) is 0 Å². The van der Waals surface area contributed by atoms with Gasteiger partial charge in [-0.2, -0.15) is 0 Å². The highest BCUT2D eigenvalue weighted by Crippen LogP contribution is 2.24. The van der Waals surface area contributed by atoms with E-state index in [9.17, 15) is 9.90 Å². The smallest absolute Gasteiger partial charge is 0.241 e. The van der Waals surface area contributed by atoms with Crippen LogP contribution in [-0.4, -0.2) is 23.7 Å². The fourth-order valence-electron chi connectivity index (χ4n) is 1.69. The maximum atomic E-state index is 12.0. The van der Waals surface area contributed by atoms with E-state index in [-0.39, 0.29) is 17.9 Å². The average Bonchev–Trinajstić information content (AvgIpc) is 2.38. The maximum absolute atomic E-state index is 12.0. The zero-order valence-corrected chi connectivity index (χ0v) is 12.6. The molecular formula is C15H24N2O3. The summed E-state index contributed by atoms with van der Waals surface area (Å²) in [4.78, 5) is 12.0. The lowest BCUT2D eigenvalue weighted by molar-refractivity contribution is -0.119. The third kappa shape index (κ3) is 4.21. The van der Waals surface area contributed by atoms with Crippen LogP contribution in [0.25, 0.3) is 0 Å². The van der Waals surface area contributed by atoms with Crippen LogP contribution in [-0.2, 0) is 11.4 Å². The van der Waals surface area contributed by atoms with Crippen LogP contribution in [0, 0.1) is 5.41 Å². The Morgan fingerprint density at radius 3 is 2.60 bits per heavy atom. The summed E-state index contributed by atoms with van der Waals surface area (Å²) in [6.45, 7) is 7.98. The zero-order valence-electron chi connectivity index (χ0n) is 12.6. The Labute approximate surface area is 120 Å². The first kappa shape index (κ1) is 16.5. The predicted molar refractivity (Wildman–Crippen MR) is 79.6 cm³/mol. The zero-order chi connectivity index (χ0) is 15.3. The highest BCUT2D eigenvalue weighted by Gasteiger charge is 2.27. The number of benzene rings is 1. The molecule has 1 rings (SSSR count). The Kier molecular flexibility index (Phi) is 5.53. The molecule has 0 aromatic heterocycles. The van der Waals surface area contributed by atoms with E-state index < -0.39 is 6.04 Å². The fraction of sp³-hybridized carbons (Fsp3) is 0.533. The van der Waals surface area contributed by atoms with Crippen LogP contribution in [0.5, 0.6) is 5.75 Å². The summed E-state index contributed by atoms with van der Waals surface area (Å²) < 4.78 is 5.39. The van der Waals surface area contributed by atoms with Crippen molar-refractivity contribution in [2.24, 2.45) is 11.1 Å². The molecule has 0 fully saturated rings. The molecule has 0 spiro atoms. The first-order valence-electron chi connectivity index (χ1n) is 6.72. The highest BCUT2D eigenvalue weighted by atomic mass is 16.5. The summed E-state index contributed by atoms with van der Waals surface area (Å²) >= 11 is 0. The van der Waals surface area contributed by atoms with Gasteiger partial charge in [0.15, 0.2) is 0 Å². The van der Waals surface area contributed by atoms with Crippen molar-refractivity contribution in [2.75, 3.05) is 11.9 Å². The van der Waals surface area contributed by atoms with Crippen LogP contribution in [0.2, 0.25) is 0 Å².